The molecule has 4 nitrogen and oxygen atoms in total. The number of rotatable bonds is 7. The predicted octanol–water partition coefficient (Wildman–Crippen LogP) is 2.10. The van der Waals surface area contributed by atoms with Crippen LogP contribution in [0.2, 0.25) is 0 Å². The molecule has 0 aliphatic heterocycles. The van der Waals surface area contributed by atoms with Gasteiger partial charge in [-0.3, -0.25) is 4.79 Å². The van der Waals surface area contributed by atoms with Crippen LogP contribution in [0.4, 0.5) is 0 Å². The number of hydrogen-bond acceptors (Lipinski definition) is 3. The summed E-state index contributed by atoms with van der Waals surface area (Å²) in [6, 6.07) is 2.38. The lowest BCUT2D eigenvalue weighted by molar-refractivity contribution is -0.133. The quantitative estimate of drug-likeness (QED) is 0.504. The highest BCUT2D eigenvalue weighted by Crippen LogP contribution is 2.23. The highest BCUT2D eigenvalue weighted by molar-refractivity contribution is 5.76. The summed E-state index contributed by atoms with van der Waals surface area (Å²) in [5.41, 5.74) is 0. The van der Waals surface area contributed by atoms with Gasteiger partial charge in [0.2, 0.25) is 5.91 Å². The van der Waals surface area contributed by atoms with Gasteiger partial charge in [0.05, 0.1) is 19.1 Å². The Hall–Kier alpha value is -1.08. The van der Waals surface area contributed by atoms with Crippen LogP contribution in [0.15, 0.2) is 0 Å². The van der Waals surface area contributed by atoms with Crippen LogP contribution in [0.5, 0.6) is 0 Å². The van der Waals surface area contributed by atoms with Crippen molar-refractivity contribution in [3.8, 4) is 6.07 Å². The van der Waals surface area contributed by atoms with Crippen LogP contribution in [0.1, 0.15) is 45.4 Å². The fourth-order valence-electron chi connectivity index (χ4n) is 2.26. The molecule has 1 rings (SSSR count). The molecule has 96 valence electrons. The predicted molar refractivity (Wildman–Crippen MR) is 65.3 cm³/mol. The Morgan fingerprint density at radius 2 is 2.12 bits per heavy atom. The number of carbonyl (C=O) groups excluding carboxylic acids is 1. The van der Waals surface area contributed by atoms with E-state index in [-0.39, 0.29) is 18.5 Å². The lowest BCUT2D eigenvalue weighted by Gasteiger charge is -2.26. The maximum Gasteiger partial charge on any atom is 0.225 e. The number of carbonyl (C=O) groups is 1. The average Bonchev–Trinajstić information content (AvgIpc) is 2.85. The molecule has 0 atom stereocenters. The lowest BCUT2D eigenvalue weighted by Crippen LogP contribution is -2.39. The summed E-state index contributed by atoms with van der Waals surface area (Å²) in [5, 5.41) is 8.78. The molecule has 0 aromatic rings. The Bertz CT molecular complexity index is 267. The minimum atomic E-state index is 0.0644. The third kappa shape index (κ3) is 4.74. The number of nitrogens with zero attached hydrogens (tertiary/aromatic N) is 2. The van der Waals surface area contributed by atoms with Gasteiger partial charge >= 0.3 is 0 Å². The molecule has 0 spiro atoms. The van der Waals surface area contributed by atoms with E-state index in [1.165, 1.54) is 12.8 Å². The molecule has 0 bridgehead atoms. The van der Waals surface area contributed by atoms with Gasteiger partial charge in [0, 0.05) is 12.6 Å². The van der Waals surface area contributed by atoms with Crippen LogP contribution in [0.3, 0.4) is 0 Å². The minimum absolute atomic E-state index is 0.0644. The number of ether oxygens (including phenoxy) is 1. The fraction of sp³-hybridized carbons (Fsp3) is 0.846. The van der Waals surface area contributed by atoms with E-state index in [1.54, 1.807) is 4.90 Å². The summed E-state index contributed by atoms with van der Waals surface area (Å²) < 4.78 is 5.31. The number of nitriles is 1. The zero-order chi connectivity index (χ0) is 12.5. The Kier molecular flexibility index (Phi) is 6.64. The van der Waals surface area contributed by atoms with E-state index in [9.17, 15) is 4.79 Å². The van der Waals surface area contributed by atoms with Gasteiger partial charge in [0.25, 0.3) is 0 Å². The highest BCUT2D eigenvalue weighted by Gasteiger charge is 2.25. The van der Waals surface area contributed by atoms with E-state index in [1.807, 2.05) is 6.92 Å². The summed E-state index contributed by atoms with van der Waals surface area (Å²) >= 11 is 0. The Balaban J connectivity index is 2.35. The first kappa shape index (κ1) is 14.0. The van der Waals surface area contributed by atoms with Gasteiger partial charge in [-0.15, -0.1) is 0 Å². The summed E-state index contributed by atoms with van der Waals surface area (Å²) in [5.74, 6) is 0.0644. The van der Waals surface area contributed by atoms with Crippen molar-refractivity contribution in [1.29, 1.82) is 5.26 Å². The molecule has 1 amide bonds. The Morgan fingerprint density at radius 3 is 2.71 bits per heavy atom. The average molecular weight is 238 g/mol. The first-order valence-electron chi connectivity index (χ1n) is 6.53. The van der Waals surface area contributed by atoms with Gasteiger partial charge < -0.3 is 9.64 Å². The van der Waals surface area contributed by atoms with E-state index < -0.39 is 0 Å². The first-order valence-corrected chi connectivity index (χ1v) is 6.53. The van der Waals surface area contributed by atoms with Crippen LogP contribution < -0.4 is 0 Å². The van der Waals surface area contributed by atoms with Crippen LogP contribution in [-0.2, 0) is 9.53 Å². The topological polar surface area (TPSA) is 53.3 Å². The van der Waals surface area contributed by atoms with Gasteiger partial charge in [-0.2, -0.15) is 5.26 Å². The molecule has 1 aliphatic rings. The van der Waals surface area contributed by atoms with E-state index in [0.717, 1.165) is 19.3 Å². The molecule has 0 saturated heterocycles. The zero-order valence-corrected chi connectivity index (χ0v) is 10.7. The third-order valence-electron chi connectivity index (χ3n) is 3.14. The van der Waals surface area contributed by atoms with E-state index in [0.29, 0.717) is 19.6 Å². The smallest absolute Gasteiger partial charge is 0.225 e. The van der Waals surface area contributed by atoms with E-state index >= 15 is 0 Å². The molecule has 17 heavy (non-hydrogen) atoms. The van der Waals surface area contributed by atoms with Gasteiger partial charge in [-0.1, -0.05) is 19.8 Å². The van der Waals surface area contributed by atoms with Crippen molar-refractivity contribution in [3.05, 3.63) is 0 Å². The molecule has 1 fully saturated rings. The second-order valence-corrected chi connectivity index (χ2v) is 4.48. The van der Waals surface area contributed by atoms with Crippen molar-refractivity contribution < 1.29 is 9.53 Å². The number of hydrogen-bond donors (Lipinski definition) is 0. The lowest BCUT2D eigenvalue weighted by atomic mass is 10.2. The standard InChI is InChI=1S/C13H22N2O2/c1-2-10-17-11-7-13(16)15(9-8-14)12-5-3-4-6-12/h12H,2-7,9-11H2,1H3. The fourth-order valence-corrected chi connectivity index (χ4v) is 2.26. The molecule has 0 unspecified atom stereocenters. The number of amides is 1. The molecular formula is C13H22N2O2. The van der Waals surface area contributed by atoms with Crippen molar-refractivity contribution in [3.63, 3.8) is 0 Å². The molecule has 0 N–H and O–H groups in total. The van der Waals surface area contributed by atoms with Crippen molar-refractivity contribution in [1.82, 2.24) is 4.90 Å². The van der Waals surface area contributed by atoms with Gasteiger partial charge in [-0.05, 0) is 19.3 Å². The third-order valence-corrected chi connectivity index (χ3v) is 3.14. The largest absolute Gasteiger partial charge is 0.381 e. The second-order valence-electron chi connectivity index (χ2n) is 4.48. The molecule has 1 saturated carbocycles. The van der Waals surface area contributed by atoms with E-state index in [2.05, 4.69) is 6.07 Å². The van der Waals surface area contributed by atoms with Gasteiger partial charge in [0.15, 0.2) is 0 Å². The van der Waals surface area contributed by atoms with Gasteiger partial charge in [-0.25, -0.2) is 0 Å². The minimum Gasteiger partial charge on any atom is -0.381 e. The Morgan fingerprint density at radius 1 is 1.41 bits per heavy atom. The Labute approximate surface area is 104 Å². The van der Waals surface area contributed by atoms with Crippen molar-refractivity contribution in [2.45, 2.75) is 51.5 Å². The first-order chi connectivity index (χ1) is 8.29. The zero-order valence-electron chi connectivity index (χ0n) is 10.7. The van der Waals surface area contributed by atoms with Crippen molar-refractivity contribution in [2.24, 2.45) is 0 Å². The summed E-state index contributed by atoms with van der Waals surface area (Å²) in [7, 11) is 0. The monoisotopic (exact) mass is 238 g/mol. The normalized spacial score (nSPS) is 15.8. The van der Waals surface area contributed by atoms with E-state index in [4.69, 9.17) is 10.00 Å². The van der Waals surface area contributed by atoms with Crippen molar-refractivity contribution in [2.75, 3.05) is 19.8 Å². The maximum absolute atomic E-state index is 12.0. The molecule has 0 aromatic heterocycles. The molecule has 4 heteroatoms. The van der Waals surface area contributed by atoms with Crippen LogP contribution in [0.25, 0.3) is 0 Å². The van der Waals surface area contributed by atoms with Crippen molar-refractivity contribution >= 4 is 5.91 Å². The SMILES string of the molecule is CCCOCCC(=O)N(CC#N)C1CCCC1. The molecule has 0 heterocycles. The van der Waals surface area contributed by atoms with Crippen LogP contribution in [0, 0.1) is 11.3 Å². The van der Waals surface area contributed by atoms with Gasteiger partial charge in [0.1, 0.15) is 6.54 Å². The summed E-state index contributed by atoms with van der Waals surface area (Å²) in [6.07, 6.45) is 5.81. The summed E-state index contributed by atoms with van der Waals surface area (Å²) in [6.45, 7) is 3.44. The molecule has 1 aliphatic carbocycles. The van der Waals surface area contributed by atoms with Crippen LogP contribution >= 0.6 is 0 Å². The maximum atomic E-state index is 12.0. The molecule has 0 radical (unpaired) electrons. The van der Waals surface area contributed by atoms with Crippen LogP contribution in [-0.4, -0.2) is 36.6 Å². The second kappa shape index (κ2) is 8.08. The molecular weight excluding hydrogens is 216 g/mol. The molecule has 0 aromatic carbocycles. The summed E-state index contributed by atoms with van der Waals surface area (Å²) in [4.78, 5) is 13.7. The highest BCUT2D eigenvalue weighted by atomic mass is 16.5.